The SMILES string of the molecule is CCN1CCN(c2nc(C)cc(Nc3c(C)cccc3C)n2)CC1. The number of rotatable bonds is 4. The molecular weight excluding hydrogens is 298 g/mol. The molecule has 0 spiro atoms. The first kappa shape index (κ1) is 16.7. The third-order valence-electron chi connectivity index (χ3n) is 4.68. The molecule has 24 heavy (non-hydrogen) atoms. The zero-order valence-corrected chi connectivity index (χ0v) is 15.1. The summed E-state index contributed by atoms with van der Waals surface area (Å²) in [5, 5.41) is 3.49. The van der Waals surface area contributed by atoms with Crippen molar-refractivity contribution in [1.82, 2.24) is 14.9 Å². The van der Waals surface area contributed by atoms with Gasteiger partial charge in [0.05, 0.1) is 0 Å². The van der Waals surface area contributed by atoms with Gasteiger partial charge in [-0.25, -0.2) is 4.98 Å². The number of aryl methyl sites for hydroxylation is 3. The van der Waals surface area contributed by atoms with Gasteiger partial charge in [0.15, 0.2) is 0 Å². The molecule has 0 saturated carbocycles. The van der Waals surface area contributed by atoms with E-state index in [4.69, 9.17) is 4.98 Å². The second-order valence-electron chi connectivity index (χ2n) is 6.51. The Morgan fingerprint density at radius 1 is 1.00 bits per heavy atom. The molecule has 0 atom stereocenters. The zero-order valence-electron chi connectivity index (χ0n) is 15.1. The maximum Gasteiger partial charge on any atom is 0.227 e. The van der Waals surface area contributed by atoms with Crippen molar-refractivity contribution >= 4 is 17.5 Å². The highest BCUT2D eigenvalue weighted by Gasteiger charge is 2.18. The molecule has 0 amide bonds. The molecule has 1 aliphatic rings. The van der Waals surface area contributed by atoms with Crippen LogP contribution in [0.5, 0.6) is 0 Å². The summed E-state index contributed by atoms with van der Waals surface area (Å²) in [7, 11) is 0. The molecule has 3 rings (SSSR count). The fraction of sp³-hybridized carbons (Fsp3) is 0.474. The first-order chi connectivity index (χ1) is 11.6. The van der Waals surface area contributed by atoms with Crippen LogP contribution in [0.2, 0.25) is 0 Å². The summed E-state index contributed by atoms with van der Waals surface area (Å²) in [6.45, 7) is 13.7. The number of anilines is 3. The quantitative estimate of drug-likeness (QED) is 0.934. The van der Waals surface area contributed by atoms with Crippen LogP contribution in [0.15, 0.2) is 24.3 Å². The van der Waals surface area contributed by atoms with E-state index >= 15 is 0 Å². The van der Waals surface area contributed by atoms with Crippen molar-refractivity contribution in [3.05, 3.63) is 41.1 Å². The van der Waals surface area contributed by atoms with Gasteiger partial charge in [-0.3, -0.25) is 0 Å². The molecule has 0 unspecified atom stereocenters. The van der Waals surface area contributed by atoms with Crippen molar-refractivity contribution in [3.63, 3.8) is 0 Å². The van der Waals surface area contributed by atoms with E-state index in [1.165, 1.54) is 11.1 Å². The van der Waals surface area contributed by atoms with E-state index in [-0.39, 0.29) is 0 Å². The molecule has 1 aromatic heterocycles. The van der Waals surface area contributed by atoms with Gasteiger partial charge in [0.1, 0.15) is 5.82 Å². The number of hydrogen-bond donors (Lipinski definition) is 1. The number of aromatic nitrogens is 2. The van der Waals surface area contributed by atoms with Crippen LogP contribution in [0, 0.1) is 20.8 Å². The number of hydrogen-bond acceptors (Lipinski definition) is 5. The van der Waals surface area contributed by atoms with Crippen LogP contribution in [0.1, 0.15) is 23.7 Å². The Bertz CT molecular complexity index is 685. The Morgan fingerprint density at radius 2 is 1.67 bits per heavy atom. The maximum atomic E-state index is 4.77. The molecule has 2 heterocycles. The van der Waals surface area contributed by atoms with Crippen LogP contribution in [-0.4, -0.2) is 47.6 Å². The topological polar surface area (TPSA) is 44.3 Å². The average molecular weight is 325 g/mol. The van der Waals surface area contributed by atoms with E-state index in [9.17, 15) is 0 Å². The molecule has 5 nitrogen and oxygen atoms in total. The predicted molar refractivity (Wildman–Crippen MR) is 100 cm³/mol. The van der Waals surface area contributed by atoms with E-state index in [1.54, 1.807) is 0 Å². The summed E-state index contributed by atoms with van der Waals surface area (Å²) < 4.78 is 0. The smallest absolute Gasteiger partial charge is 0.227 e. The lowest BCUT2D eigenvalue weighted by atomic mass is 10.1. The number of para-hydroxylation sites is 1. The van der Waals surface area contributed by atoms with Crippen molar-refractivity contribution in [2.24, 2.45) is 0 Å². The largest absolute Gasteiger partial charge is 0.340 e. The van der Waals surface area contributed by atoms with Crippen LogP contribution in [0.25, 0.3) is 0 Å². The van der Waals surface area contributed by atoms with Gasteiger partial charge in [-0.05, 0) is 38.4 Å². The van der Waals surface area contributed by atoms with Crippen LogP contribution in [0.4, 0.5) is 17.5 Å². The first-order valence-electron chi connectivity index (χ1n) is 8.73. The van der Waals surface area contributed by atoms with Crippen LogP contribution in [0.3, 0.4) is 0 Å². The molecule has 0 aliphatic carbocycles. The molecule has 0 bridgehead atoms. The lowest BCUT2D eigenvalue weighted by Crippen LogP contribution is -2.46. The second kappa shape index (κ2) is 7.18. The van der Waals surface area contributed by atoms with E-state index in [2.05, 4.69) is 59.1 Å². The molecule has 1 fully saturated rings. The summed E-state index contributed by atoms with van der Waals surface area (Å²) in [6.07, 6.45) is 0. The minimum atomic E-state index is 0.833. The molecular formula is C19H27N5. The van der Waals surface area contributed by atoms with Gasteiger partial charge in [-0.2, -0.15) is 4.98 Å². The van der Waals surface area contributed by atoms with Crippen LogP contribution < -0.4 is 10.2 Å². The Labute approximate surface area is 144 Å². The number of nitrogens with zero attached hydrogens (tertiary/aromatic N) is 4. The standard InChI is InChI=1S/C19H27N5/c1-5-23-9-11-24(12-10-23)19-20-16(4)13-17(22-19)21-18-14(2)7-6-8-15(18)3/h6-8,13H,5,9-12H2,1-4H3,(H,20,21,22). The summed E-state index contributed by atoms with van der Waals surface area (Å²) >= 11 is 0. The van der Waals surface area contributed by atoms with Gasteiger partial charge >= 0.3 is 0 Å². The summed E-state index contributed by atoms with van der Waals surface area (Å²) in [5.41, 5.74) is 4.58. The Balaban J connectivity index is 1.82. The third kappa shape index (κ3) is 3.67. The van der Waals surface area contributed by atoms with Gasteiger partial charge in [0.2, 0.25) is 5.95 Å². The molecule has 128 valence electrons. The fourth-order valence-electron chi connectivity index (χ4n) is 3.16. The molecule has 1 aromatic carbocycles. The van der Waals surface area contributed by atoms with E-state index in [0.29, 0.717) is 0 Å². The molecule has 1 aliphatic heterocycles. The highest BCUT2D eigenvalue weighted by molar-refractivity contribution is 5.65. The van der Waals surface area contributed by atoms with E-state index in [1.807, 2.05) is 13.0 Å². The Morgan fingerprint density at radius 3 is 2.29 bits per heavy atom. The normalized spacial score (nSPS) is 15.6. The van der Waals surface area contributed by atoms with Gasteiger partial charge in [0.25, 0.3) is 0 Å². The van der Waals surface area contributed by atoms with Crippen molar-refractivity contribution in [1.29, 1.82) is 0 Å². The highest BCUT2D eigenvalue weighted by atomic mass is 15.3. The summed E-state index contributed by atoms with van der Waals surface area (Å²) in [4.78, 5) is 14.2. The fourth-order valence-corrected chi connectivity index (χ4v) is 3.16. The first-order valence-corrected chi connectivity index (χ1v) is 8.73. The van der Waals surface area contributed by atoms with E-state index in [0.717, 1.165) is 55.9 Å². The lowest BCUT2D eigenvalue weighted by molar-refractivity contribution is 0.270. The molecule has 1 N–H and O–H groups in total. The maximum absolute atomic E-state index is 4.77. The Hall–Kier alpha value is -2.14. The van der Waals surface area contributed by atoms with Crippen molar-refractivity contribution < 1.29 is 0 Å². The van der Waals surface area contributed by atoms with Gasteiger partial charge in [-0.1, -0.05) is 25.1 Å². The molecule has 0 radical (unpaired) electrons. The summed E-state index contributed by atoms with van der Waals surface area (Å²) in [6, 6.07) is 8.33. The highest BCUT2D eigenvalue weighted by Crippen LogP contribution is 2.25. The van der Waals surface area contributed by atoms with Crippen LogP contribution >= 0.6 is 0 Å². The second-order valence-corrected chi connectivity index (χ2v) is 6.51. The number of benzene rings is 1. The van der Waals surface area contributed by atoms with Crippen molar-refractivity contribution in [2.45, 2.75) is 27.7 Å². The number of piperazine rings is 1. The minimum absolute atomic E-state index is 0.833. The summed E-state index contributed by atoms with van der Waals surface area (Å²) in [5.74, 6) is 1.70. The average Bonchev–Trinajstić information content (AvgIpc) is 2.58. The third-order valence-corrected chi connectivity index (χ3v) is 4.68. The van der Waals surface area contributed by atoms with E-state index < -0.39 is 0 Å². The monoisotopic (exact) mass is 325 g/mol. The molecule has 1 saturated heterocycles. The van der Waals surface area contributed by atoms with Gasteiger partial charge < -0.3 is 15.1 Å². The van der Waals surface area contributed by atoms with Crippen molar-refractivity contribution in [2.75, 3.05) is 42.9 Å². The predicted octanol–water partition coefficient (Wildman–Crippen LogP) is 3.29. The molecule has 5 heteroatoms. The van der Waals surface area contributed by atoms with Crippen molar-refractivity contribution in [3.8, 4) is 0 Å². The molecule has 2 aromatic rings. The van der Waals surface area contributed by atoms with Crippen LogP contribution in [-0.2, 0) is 0 Å². The number of likely N-dealkylation sites (N-methyl/N-ethyl adjacent to an activating group) is 1. The zero-order chi connectivity index (χ0) is 17.1. The number of nitrogens with one attached hydrogen (secondary N) is 1. The Kier molecular flexibility index (Phi) is 5.00. The minimum Gasteiger partial charge on any atom is -0.340 e. The lowest BCUT2D eigenvalue weighted by Gasteiger charge is -2.34. The van der Waals surface area contributed by atoms with Gasteiger partial charge in [0, 0.05) is 43.6 Å². The van der Waals surface area contributed by atoms with Gasteiger partial charge in [-0.15, -0.1) is 0 Å².